The predicted molar refractivity (Wildman–Crippen MR) is 47.8 cm³/mol. The maximum absolute atomic E-state index is 10.9. The summed E-state index contributed by atoms with van der Waals surface area (Å²) in [5.74, 6) is -0.0417. The van der Waals surface area contributed by atoms with Crippen molar-refractivity contribution in [1.82, 2.24) is 9.97 Å². The smallest absolute Gasteiger partial charge is 0.180 e. The fourth-order valence-electron chi connectivity index (χ4n) is 0.876. The summed E-state index contributed by atoms with van der Waals surface area (Å²) in [6, 6.07) is 0. The summed E-state index contributed by atoms with van der Waals surface area (Å²) in [4.78, 5) is 17.7. The van der Waals surface area contributed by atoms with Gasteiger partial charge >= 0.3 is 0 Å². The van der Waals surface area contributed by atoms with Gasteiger partial charge in [0.05, 0.1) is 12.0 Å². The summed E-state index contributed by atoms with van der Waals surface area (Å²) in [5.41, 5.74) is 1.19. The van der Waals surface area contributed by atoms with Gasteiger partial charge in [0, 0.05) is 6.92 Å². The van der Waals surface area contributed by atoms with Crippen LogP contribution in [-0.4, -0.2) is 15.8 Å². The molecule has 0 aliphatic rings. The Bertz CT molecular complexity index is 323. The van der Waals surface area contributed by atoms with Crippen LogP contribution in [0.25, 0.3) is 6.08 Å². The fourth-order valence-corrected chi connectivity index (χ4v) is 0.876. The van der Waals surface area contributed by atoms with Crippen LogP contribution in [0.2, 0.25) is 0 Å². The first kappa shape index (κ1) is 8.46. The molecule has 0 unspecified atom stereocenters. The van der Waals surface area contributed by atoms with E-state index in [1.165, 1.54) is 13.3 Å². The summed E-state index contributed by atoms with van der Waals surface area (Å²) in [6.07, 6.45) is 6.65. The molecule has 0 amide bonds. The number of hydrogen-bond acceptors (Lipinski definition) is 2. The largest absolute Gasteiger partial charge is 0.344 e. The molecule has 3 heteroatoms. The summed E-state index contributed by atoms with van der Waals surface area (Å²) in [6.45, 7) is 5.02. The van der Waals surface area contributed by atoms with E-state index < -0.39 is 0 Å². The number of carbonyl (C=O) groups is 1. The highest BCUT2D eigenvalue weighted by atomic mass is 16.1. The van der Waals surface area contributed by atoms with E-state index in [0.29, 0.717) is 5.69 Å². The van der Waals surface area contributed by atoms with Gasteiger partial charge < -0.3 is 4.98 Å². The standard InChI is InChI=1S/C9H10N2O/c1-3-4-5-8-9(7(2)12)11-6-10-8/h3-6H,1H2,2H3,(H,10,11)/b5-4-. The topological polar surface area (TPSA) is 45.8 Å². The highest BCUT2D eigenvalue weighted by Gasteiger charge is 2.05. The second-order valence-corrected chi connectivity index (χ2v) is 2.32. The van der Waals surface area contributed by atoms with Gasteiger partial charge in [0.1, 0.15) is 5.69 Å². The SMILES string of the molecule is C=C/C=C\c1[nH]cnc1C(C)=O. The van der Waals surface area contributed by atoms with Crippen molar-refractivity contribution < 1.29 is 4.79 Å². The van der Waals surface area contributed by atoms with E-state index >= 15 is 0 Å². The van der Waals surface area contributed by atoms with Crippen LogP contribution >= 0.6 is 0 Å². The molecule has 0 saturated carbocycles. The van der Waals surface area contributed by atoms with Gasteiger partial charge in [-0.25, -0.2) is 4.98 Å². The summed E-state index contributed by atoms with van der Waals surface area (Å²) in [7, 11) is 0. The highest BCUT2D eigenvalue weighted by molar-refractivity contribution is 5.95. The van der Waals surface area contributed by atoms with E-state index in [4.69, 9.17) is 0 Å². The van der Waals surface area contributed by atoms with Crippen molar-refractivity contribution in [3.8, 4) is 0 Å². The monoisotopic (exact) mass is 162 g/mol. The lowest BCUT2D eigenvalue weighted by molar-refractivity contribution is 0.101. The maximum atomic E-state index is 10.9. The van der Waals surface area contributed by atoms with Crippen LogP contribution in [0.4, 0.5) is 0 Å². The van der Waals surface area contributed by atoms with E-state index in [1.807, 2.05) is 0 Å². The van der Waals surface area contributed by atoms with Crippen LogP contribution in [-0.2, 0) is 0 Å². The Kier molecular flexibility index (Phi) is 2.58. The molecule has 1 aromatic rings. The molecule has 0 aliphatic carbocycles. The zero-order chi connectivity index (χ0) is 8.97. The molecule has 1 rings (SSSR count). The van der Waals surface area contributed by atoms with Crippen LogP contribution in [0.5, 0.6) is 0 Å². The van der Waals surface area contributed by atoms with Crippen molar-refractivity contribution >= 4 is 11.9 Å². The third-order valence-electron chi connectivity index (χ3n) is 1.40. The molecule has 1 N–H and O–H groups in total. The summed E-state index contributed by atoms with van der Waals surface area (Å²) >= 11 is 0. The number of ketones is 1. The summed E-state index contributed by atoms with van der Waals surface area (Å²) < 4.78 is 0. The number of nitrogens with zero attached hydrogens (tertiary/aromatic N) is 1. The normalized spacial score (nSPS) is 10.4. The van der Waals surface area contributed by atoms with Crippen LogP contribution in [0.3, 0.4) is 0 Å². The van der Waals surface area contributed by atoms with Gasteiger partial charge in [-0.3, -0.25) is 4.79 Å². The predicted octanol–water partition coefficient (Wildman–Crippen LogP) is 1.81. The van der Waals surface area contributed by atoms with Crippen molar-refractivity contribution in [2.75, 3.05) is 0 Å². The minimum Gasteiger partial charge on any atom is -0.344 e. The van der Waals surface area contributed by atoms with Gasteiger partial charge in [-0.1, -0.05) is 18.7 Å². The van der Waals surface area contributed by atoms with Crippen LogP contribution in [0.15, 0.2) is 25.1 Å². The van der Waals surface area contributed by atoms with E-state index in [0.717, 1.165) is 5.69 Å². The lowest BCUT2D eigenvalue weighted by atomic mass is 10.2. The lowest BCUT2D eigenvalue weighted by Gasteiger charge is -1.89. The number of carbonyl (C=O) groups excluding carboxylic acids is 1. The van der Waals surface area contributed by atoms with Crippen molar-refractivity contribution in [2.24, 2.45) is 0 Å². The number of nitrogens with one attached hydrogen (secondary N) is 1. The first-order valence-corrected chi connectivity index (χ1v) is 3.59. The van der Waals surface area contributed by atoms with Gasteiger partial charge in [0.2, 0.25) is 0 Å². The maximum Gasteiger partial charge on any atom is 0.180 e. The van der Waals surface area contributed by atoms with E-state index in [2.05, 4.69) is 16.5 Å². The molecule has 0 saturated heterocycles. The number of H-pyrrole nitrogens is 1. The van der Waals surface area contributed by atoms with Crippen molar-refractivity contribution in [2.45, 2.75) is 6.92 Å². The second kappa shape index (κ2) is 3.67. The second-order valence-electron chi connectivity index (χ2n) is 2.32. The number of hydrogen-bond donors (Lipinski definition) is 1. The zero-order valence-corrected chi connectivity index (χ0v) is 6.87. The van der Waals surface area contributed by atoms with Crippen LogP contribution in [0, 0.1) is 0 Å². The van der Waals surface area contributed by atoms with Gasteiger partial charge in [-0.2, -0.15) is 0 Å². The number of aromatic nitrogens is 2. The number of Topliss-reactive ketones (excluding diaryl/α,β-unsaturated/α-hetero) is 1. The first-order valence-electron chi connectivity index (χ1n) is 3.59. The molecule has 0 fully saturated rings. The average molecular weight is 162 g/mol. The quantitative estimate of drug-likeness (QED) is 0.544. The fraction of sp³-hybridized carbons (Fsp3) is 0.111. The molecular weight excluding hydrogens is 152 g/mol. The molecule has 1 heterocycles. The molecule has 0 atom stereocenters. The Hall–Kier alpha value is -1.64. The molecule has 1 aromatic heterocycles. The molecule has 0 bridgehead atoms. The Labute approximate surface area is 70.8 Å². The minimum atomic E-state index is -0.0417. The number of rotatable bonds is 3. The van der Waals surface area contributed by atoms with Crippen molar-refractivity contribution in [1.29, 1.82) is 0 Å². The molecule has 0 spiro atoms. The third-order valence-corrected chi connectivity index (χ3v) is 1.40. The van der Waals surface area contributed by atoms with Gasteiger partial charge in [0.25, 0.3) is 0 Å². The van der Waals surface area contributed by atoms with Crippen molar-refractivity contribution in [3.05, 3.63) is 36.4 Å². The molecule has 62 valence electrons. The van der Waals surface area contributed by atoms with Gasteiger partial charge in [-0.05, 0) is 6.08 Å². The average Bonchev–Trinajstić information content (AvgIpc) is 2.48. The summed E-state index contributed by atoms with van der Waals surface area (Å²) in [5, 5.41) is 0. The van der Waals surface area contributed by atoms with Crippen LogP contribution in [0.1, 0.15) is 23.1 Å². The van der Waals surface area contributed by atoms with E-state index in [9.17, 15) is 4.79 Å². The van der Waals surface area contributed by atoms with Gasteiger partial charge in [0.15, 0.2) is 5.78 Å². The number of imidazole rings is 1. The van der Waals surface area contributed by atoms with E-state index in [1.54, 1.807) is 18.2 Å². The Morgan fingerprint density at radius 2 is 2.50 bits per heavy atom. The number of allylic oxidation sites excluding steroid dienone is 2. The first-order chi connectivity index (χ1) is 5.75. The Morgan fingerprint density at radius 3 is 3.08 bits per heavy atom. The molecule has 0 radical (unpaired) electrons. The molecule has 12 heavy (non-hydrogen) atoms. The molecular formula is C9H10N2O. The molecule has 3 nitrogen and oxygen atoms in total. The number of aromatic amines is 1. The zero-order valence-electron chi connectivity index (χ0n) is 6.87. The van der Waals surface area contributed by atoms with Crippen LogP contribution < -0.4 is 0 Å². The van der Waals surface area contributed by atoms with E-state index in [-0.39, 0.29) is 5.78 Å². The lowest BCUT2D eigenvalue weighted by Crippen LogP contribution is -1.94. The highest BCUT2D eigenvalue weighted by Crippen LogP contribution is 2.05. The minimum absolute atomic E-state index is 0.0417. The Morgan fingerprint density at radius 1 is 1.75 bits per heavy atom. The molecule has 0 aromatic carbocycles. The molecule has 0 aliphatic heterocycles. The Balaban J connectivity index is 2.99. The third kappa shape index (κ3) is 1.69. The van der Waals surface area contributed by atoms with Crippen molar-refractivity contribution in [3.63, 3.8) is 0 Å². The van der Waals surface area contributed by atoms with Gasteiger partial charge in [-0.15, -0.1) is 0 Å².